The van der Waals surface area contributed by atoms with Crippen LogP contribution in [-0.2, 0) is 0 Å². The van der Waals surface area contributed by atoms with Gasteiger partial charge in [-0.2, -0.15) is 5.10 Å². The Bertz CT molecular complexity index is 983. The van der Waals surface area contributed by atoms with Gasteiger partial charge in [-0.25, -0.2) is 9.67 Å². The Labute approximate surface area is 164 Å². The number of rotatable bonds is 4. The zero-order valence-electron chi connectivity index (χ0n) is 16.6. The Morgan fingerprint density at radius 1 is 1.39 bits per heavy atom. The molecule has 1 saturated heterocycles. The van der Waals surface area contributed by atoms with Crippen molar-refractivity contribution in [2.45, 2.75) is 39.3 Å². The largest absolute Gasteiger partial charge is 0.329 e. The van der Waals surface area contributed by atoms with Gasteiger partial charge in [0, 0.05) is 37.7 Å². The van der Waals surface area contributed by atoms with Gasteiger partial charge in [0.25, 0.3) is 5.91 Å². The highest BCUT2D eigenvalue weighted by atomic mass is 16.2. The third-order valence-corrected chi connectivity index (χ3v) is 5.51. The van der Waals surface area contributed by atoms with E-state index < -0.39 is 0 Å². The normalized spacial score (nSPS) is 18.4. The third-order valence-electron chi connectivity index (χ3n) is 5.51. The minimum Gasteiger partial charge on any atom is -0.329 e. The van der Waals surface area contributed by atoms with Crippen molar-refractivity contribution in [1.82, 2.24) is 30.0 Å². The highest BCUT2D eigenvalue weighted by Gasteiger charge is 2.30. The Hall–Kier alpha value is -2.80. The molecule has 0 radical (unpaired) electrons. The lowest BCUT2D eigenvalue weighted by molar-refractivity contribution is 0.0636. The first-order valence-corrected chi connectivity index (χ1v) is 9.86. The summed E-state index contributed by atoms with van der Waals surface area (Å²) in [5, 5.41) is 8.75. The highest BCUT2D eigenvalue weighted by molar-refractivity contribution is 6.05. The smallest absolute Gasteiger partial charge is 0.255 e. The second-order valence-corrected chi connectivity index (χ2v) is 7.40. The molecule has 1 aliphatic heterocycles. The van der Waals surface area contributed by atoms with Crippen LogP contribution >= 0.6 is 0 Å². The zero-order valence-corrected chi connectivity index (χ0v) is 16.6. The molecule has 2 unspecified atom stereocenters. The van der Waals surface area contributed by atoms with Crippen LogP contribution in [0.15, 0.2) is 36.8 Å². The molecule has 4 heterocycles. The SMILES string of the molecule is CCC(C)n1ncc2c(C(=O)N3CCNCC3c3cccnc3)cc(C)nc21. The van der Waals surface area contributed by atoms with Crippen molar-refractivity contribution < 1.29 is 4.79 Å². The molecule has 2 atom stereocenters. The summed E-state index contributed by atoms with van der Waals surface area (Å²) in [7, 11) is 0. The molecule has 1 N–H and O–H groups in total. The van der Waals surface area contributed by atoms with Crippen molar-refractivity contribution >= 4 is 16.9 Å². The molecule has 4 rings (SSSR count). The minimum atomic E-state index is -0.0388. The molecule has 28 heavy (non-hydrogen) atoms. The van der Waals surface area contributed by atoms with E-state index in [4.69, 9.17) is 0 Å². The van der Waals surface area contributed by atoms with Crippen LogP contribution in [-0.4, -0.2) is 50.2 Å². The van der Waals surface area contributed by atoms with Crippen LogP contribution in [0.2, 0.25) is 0 Å². The molecule has 1 fully saturated rings. The fourth-order valence-corrected chi connectivity index (χ4v) is 3.79. The molecule has 0 spiro atoms. The van der Waals surface area contributed by atoms with Gasteiger partial charge in [-0.3, -0.25) is 9.78 Å². The monoisotopic (exact) mass is 378 g/mol. The maximum absolute atomic E-state index is 13.6. The minimum absolute atomic E-state index is 0.0227. The third kappa shape index (κ3) is 3.26. The average molecular weight is 378 g/mol. The van der Waals surface area contributed by atoms with Crippen molar-refractivity contribution in [2.24, 2.45) is 0 Å². The highest BCUT2D eigenvalue weighted by Crippen LogP contribution is 2.28. The van der Waals surface area contributed by atoms with Gasteiger partial charge >= 0.3 is 0 Å². The molecular weight excluding hydrogens is 352 g/mol. The van der Waals surface area contributed by atoms with E-state index in [9.17, 15) is 4.79 Å². The molecule has 146 valence electrons. The molecule has 0 saturated carbocycles. The number of hydrogen-bond donors (Lipinski definition) is 1. The Kier molecular flexibility index (Phi) is 5.09. The number of piperazine rings is 1. The van der Waals surface area contributed by atoms with E-state index in [0.29, 0.717) is 12.1 Å². The lowest BCUT2D eigenvalue weighted by Crippen LogP contribution is -2.48. The van der Waals surface area contributed by atoms with Gasteiger partial charge in [-0.15, -0.1) is 0 Å². The Morgan fingerprint density at radius 3 is 3.00 bits per heavy atom. The molecule has 7 nitrogen and oxygen atoms in total. The molecule has 1 aliphatic rings. The van der Waals surface area contributed by atoms with Crippen LogP contribution in [0.5, 0.6) is 0 Å². The van der Waals surface area contributed by atoms with Crippen LogP contribution in [0.3, 0.4) is 0 Å². The van der Waals surface area contributed by atoms with Gasteiger partial charge in [0.05, 0.1) is 29.2 Å². The predicted molar refractivity (Wildman–Crippen MR) is 108 cm³/mol. The average Bonchev–Trinajstić information content (AvgIpc) is 3.16. The van der Waals surface area contributed by atoms with E-state index >= 15 is 0 Å². The van der Waals surface area contributed by atoms with Gasteiger partial charge in [0.15, 0.2) is 5.65 Å². The number of fused-ring (bicyclic) bond motifs is 1. The molecular formula is C21H26N6O. The van der Waals surface area contributed by atoms with E-state index in [1.165, 1.54) is 0 Å². The first-order chi connectivity index (χ1) is 13.6. The van der Waals surface area contributed by atoms with Crippen LogP contribution in [0.4, 0.5) is 0 Å². The molecule has 3 aromatic rings. The van der Waals surface area contributed by atoms with E-state index in [-0.39, 0.29) is 18.0 Å². The van der Waals surface area contributed by atoms with Crippen LogP contribution in [0.1, 0.15) is 54.0 Å². The zero-order chi connectivity index (χ0) is 19.7. The summed E-state index contributed by atoms with van der Waals surface area (Å²) in [6.07, 6.45) is 6.33. The number of aryl methyl sites for hydroxylation is 1. The summed E-state index contributed by atoms with van der Waals surface area (Å²) < 4.78 is 1.93. The van der Waals surface area contributed by atoms with E-state index in [2.05, 4.69) is 34.2 Å². The maximum Gasteiger partial charge on any atom is 0.255 e. The second kappa shape index (κ2) is 7.67. The number of nitrogens with zero attached hydrogens (tertiary/aromatic N) is 5. The fourth-order valence-electron chi connectivity index (χ4n) is 3.79. The van der Waals surface area contributed by atoms with Crippen LogP contribution in [0.25, 0.3) is 11.0 Å². The number of carbonyl (C=O) groups is 1. The first-order valence-electron chi connectivity index (χ1n) is 9.86. The van der Waals surface area contributed by atoms with Gasteiger partial charge in [0.2, 0.25) is 0 Å². The lowest BCUT2D eigenvalue weighted by Gasteiger charge is -2.36. The number of carbonyl (C=O) groups excluding carboxylic acids is 1. The number of hydrogen-bond acceptors (Lipinski definition) is 5. The Morgan fingerprint density at radius 2 is 2.25 bits per heavy atom. The Balaban J connectivity index is 1.76. The molecule has 0 bridgehead atoms. The standard InChI is InChI=1S/C21H26N6O/c1-4-15(3)27-20-18(12-24-27)17(10-14(2)25-20)21(28)26-9-8-23-13-19(26)16-6-5-7-22-11-16/h5-7,10-12,15,19,23H,4,8-9,13H2,1-3H3. The van der Waals surface area contributed by atoms with Crippen molar-refractivity contribution in [3.8, 4) is 0 Å². The maximum atomic E-state index is 13.6. The van der Waals surface area contributed by atoms with Gasteiger partial charge in [-0.05, 0) is 38.0 Å². The second-order valence-electron chi connectivity index (χ2n) is 7.40. The summed E-state index contributed by atoms with van der Waals surface area (Å²) in [5.74, 6) is 0.0227. The quantitative estimate of drug-likeness (QED) is 0.755. The number of amides is 1. The summed E-state index contributed by atoms with van der Waals surface area (Å²) in [6.45, 7) is 8.33. The molecule has 7 heteroatoms. The number of nitrogens with one attached hydrogen (secondary N) is 1. The van der Waals surface area contributed by atoms with Crippen molar-refractivity contribution in [3.05, 3.63) is 53.6 Å². The van der Waals surface area contributed by atoms with Gasteiger partial charge in [-0.1, -0.05) is 13.0 Å². The number of aromatic nitrogens is 4. The topological polar surface area (TPSA) is 75.9 Å². The van der Waals surface area contributed by atoms with Crippen molar-refractivity contribution in [3.63, 3.8) is 0 Å². The van der Waals surface area contributed by atoms with Crippen LogP contribution in [0, 0.1) is 6.92 Å². The van der Waals surface area contributed by atoms with E-state index in [1.54, 1.807) is 12.4 Å². The van der Waals surface area contributed by atoms with Gasteiger partial charge < -0.3 is 10.2 Å². The predicted octanol–water partition coefficient (Wildman–Crippen LogP) is 2.89. The fraction of sp³-hybridized carbons (Fsp3) is 0.429. The summed E-state index contributed by atoms with van der Waals surface area (Å²) in [6, 6.07) is 6.02. The molecule has 3 aromatic heterocycles. The molecule has 0 aliphatic carbocycles. The first kappa shape index (κ1) is 18.6. The van der Waals surface area contributed by atoms with Crippen molar-refractivity contribution in [2.75, 3.05) is 19.6 Å². The van der Waals surface area contributed by atoms with Crippen molar-refractivity contribution in [1.29, 1.82) is 0 Å². The van der Waals surface area contributed by atoms with E-state index in [0.717, 1.165) is 41.8 Å². The summed E-state index contributed by atoms with van der Waals surface area (Å²) in [4.78, 5) is 24.5. The number of pyridine rings is 2. The van der Waals surface area contributed by atoms with Gasteiger partial charge in [0.1, 0.15) is 0 Å². The van der Waals surface area contributed by atoms with E-state index in [1.807, 2.05) is 40.9 Å². The summed E-state index contributed by atoms with van der Waals surface area (Å²) >= 11 is 0. The molecule has 0 aromatic carbocycles. The lowest BCUT2D eigenvalue weighted by atomic mass is 10.0. The summed E-state index contributed by atoms with van der Waals surface area (Å²) in [5.41, 5.74) is 3.33. The van der Waals surface area contributed by atoms with Crippen LogP contribution < -0.4 is 5.32 Å². The molecule has 1 amide bonds.